The Hall–Kier alpha value is -1.40. The van der Waals surface area contributed by atoms with Crippen molar-refractivity contribution in [1.29, 1.82) is 0 Å². The Morgan fingerprint density at radius 3 is 2.89 bits per heavy atom. The quantitative estimate of drug-likeness (QED) is 0.615. The molecule has 3 rings (SSSR count). The molecule has 0 spiro atoms. The average Bonchev–Trinajstić information content (AvgIpc) is 3.17. The lowest BCUT2D eigenvalue weighted by molar-refractivity contribution is 0.116. The number of nitrogens with two attached hydrogens (primary N) is 1. The Bertz CT molecular complexity index is 443. The lowest BCUT2D eigenvalue weighted by Crippen LogP contribution is -2.29. The third-order valence-corrected chi connectivity index (χ3v) is 3.71. The fourth-order valence-corrected chi connectivity index (χ4v) is 2.43. The molecule has 1 aliphatic carbocycles. The lowest BCUT2D eigenvalue weighted by Gasteiger charge is -2.22. The summed E-state index contributed by atoms with van der Waals surface area (Å²) in [5, 5.41) is 0. The minimum atomic E-state index is 0.318. The van der Waals surface area contributed by atoms with Crippen molar-refractivity contribution in [3.63, 3.8) is 0 Å². The zero-order valence-corrected chi connectivity index (χ0v) is 11.3. The molecule has 1 aromatic rings. The van der Waals surface area contributed by atoms with Crippen molar-refractivity contribution in [3.05, 3.63) is 11.9 Å². The highest BCUT2D eigenvalue weighted by Crippen LogP contribution is 2.39. The summed E-state index contributed by atoms with van der Waals surface area (Å²) in [6.07, 6.45) is 4.97. The van der Waals surface area contributed by atoms with E-state index in [1.807, 2.05) is 13.1 Å². The van der Waals surface area contributed by atoms with Crippen LogP contribution in [-0.4, -0.2) is 36.3 Å². The van der Waals surface area contributed by atoms with Gasteiger partial charge < -0.3 is 15.1 Å². The van der Waals surface area contributed by atoms with Crippen molar-refractivity contribution in [2.45, 2.75) is 37.7 Å². The van der Waals surface area contributed by atoms with Crippen LogP contribution in [0.3, 0.4) is 0 Å². The van der Waals surface area contributed by atoms with E-state index in [0.29, 0.717) is 17.8 Å². The van der Waals surface area contributed by atoms with E-state index in [9.17, 15) is 0 Å². The number of hydrogen-bond acceptors (Lipinski definition) is 6. The molecule has 0 radical (unpaired) electrons. The van der Waals surface area contributed by atoms with Crippen LogP contribution in [0.5, 0.6) is 0 Å². The van der Waals surface area contributed by atoms with E-state index in [4.69, 9.17) is 10.6 Å². The number of nitrogens with zero attached hydrogens (tertiary/aromatic N) is 3. The van der Waals surface area contributed by atoms with Gasteiger partial charge in [0, 0.05) is 32.2 Å². The first-order valence-electron chi connectivity index (χ1n) is 6.94. The number of anilines is 2. The first-order chi connectivity index (χ1) is 9.26. The maximum absolute atomic E-state index is 5.67. The molecule has 104 valence electrons. The second-order valence-corrected chi connectivity index (χ2v) is 5.40. The first-order valence-corrected chi connectivity index (χ1v) is 6.94. The number of likely N-dealkylation sites (N-methyl/N-ethyl adjacent to an activating group) is 1. The second-order valence-electron chi connectivity index (χ2n) is 5.40. The van der Waals surface area contributed by atoms with Crippen LogP contribution in [0, 0.1) is 0 Å². The zero-order chi connectivity index (χ0) is 13.2. The van der Waals surface area contributed by atoms with Crippen LogP contribution in [0.25, 0.3) is 0 Å². The van der Waals surface area contributed by atoms with Gasteiger partial charge in [-0.2, -0.15) is 0 Å². The molecule has 1 aliphatic heterocycles. The number of ether oxygens (including phenoxy) is 1. The summed E-state index contributed by atoms with van der Waals surface area (Å²) in [5.41, 5.74) is 2.63. The standard InChI is InChI=1S/C13H21N5O/c1-18(8-10-3-2-6-19-10)12-7-11(17-14)15-13(16-12)9-4-5-9/h7,9-10H,2-6,8,14H2,1H3,(H,15,16,17). The van der Waals surface area contributed by atoms with Gasteiger partial charge in [-0.05, 0) is 25.7 Å². The maximum atomic E-state index is 5.67. The Kier molecular flexibility index (Phi) is 3.52. The molecule has 1 aromatic heterocycles. The normalized spacial score (nSPS) is 22.5. The summed E-state index contributed by atoms with van der Waals surface area (Å²) < 4.78 is 5.67. The Morgan fingerprint density at radius 1 is 1.42 bits per heavy atom. The third kappa shape index (κ3) is 2.96. The molecule has 1 atom stereocenters. The first kappa shape index (κ1) is 12.6. The fraction of sp³-hybridized carbons (Fsp3) is 0.692. The minimum absolute atomic E-state index is 0.318. The van der Waals surface area contributed by atoms with Crippen LogP contribution in [0.4, 0.5) is 11.6 Å². The summed E-state index contributed by atoms with van der Waals surface area (Å²) in [5.74, 6) is 8.52. The number of nitrogen functional groups attached to an aromatic ring is 1. The molecular formula is C13H21N5O. The van der Waals surface area contributed by atoms with E-state index in [1.165, 1.54) is 12.8 Å². The van der Waals surface area contributed by atoms with Crippen molar-refractivity contribution >= 4 is 11.6 Å². The van der Waals surface area contributed by atoms with Gasteiger partial charge in [0.1, 0.15) is 17.5 Å². The topological polar surface area (TPSA) is 76.3 Å². The summed E-state index contributed by atoms with van der Waals surface area (Å²) in [7, 11) is 2.04. The van der Waals surface area contributed by atoms with Gasteiger partial charge in [-0.25, -0.2) is 15.8 Å². The molecular weight excluding hydrogens is 242 g/mol. The van der Waals surface area contributed by atoms with Gasteiger partial charge in [-0.3, -0.25) is 0 Å². The van der Waals surface area contributed by atoms with Gasteiger partial charge in [0.2, 0.25) is 0 Å². The highest BCUT2D eigenvalue weighted by molar-refractivity contribution is 5.49. The fourth-order valence-electron chi connectivity index (χ4n) is 2.43. The summed E-state index contributed by atoms with van der Waals surface area (Å²) in [4.78, 5) is 11.2. The number of rotatable bonds is 5. The highest BCUT2D eigenvalue weighted by Gasteiger charge is 2.28. The second kappa shape index (κ2) is 5.30. The predicted octanol–water partition coefficient (Wildman–Crippen LogP) is 1.25. The van der Waals surface area contributed by atoms with Crippen molar-refractivity contribution in [1.82, 2.24) is 9.97 Å². The Balaban J connectivity index is 1.75. The van der Waals surface area contributed by atoms with Crippen LogP contribution < -0.4 is 16.2 Å². The van der Waals surface area contributed by atoms with E-state index < -0.39 is 0 Å². The molecule has 1 saturated heterocycles. The highest BCUT2D eigenvalue weighted by atomic mass is 16.5. The number of nitrogens with one attached hydrogen (secondary N) is 1. The van der Waals surface area contributed by atoms with Crippen LogP contribution in [0.1, 0.15) is 37.4 Å². The van der Waals surface area contributed by atoms with Crippen molar-refractivity contribution < 1.29 is 4.74 Å². The van der Waals surface area contributed by atoms with Gasteiger partial charge in [0.25, 0.3) is 0 Å². The van der Waals surface area contributed by atoms with Gasteiger partial charge in [0.05, 0.1) is 6.10 Å². The molecule has 2 heterocycles. The number of hydrazine groups is 1. The van der Waals surface area contributed by atoms with E-state index in [2.05, 4.69) is 20.3 Å². The number of aromatic nitrogens is 2. The van der Waals surface area contributed by atoms with Gasteiger partial charge >= 0.3 is 0 Å². The van der Waals surface area contributed by atoms with Crippen molar-refractivity contribution in [2.75, 3.05) is 30.5 Å². The molecule has 2 aliphatic rings. The van der Waals surface area contributed by atoms with Crippen molar-refractivity contribution in [3.8, 4) is 0 Å². The van der Waals surface area contributed by atoms with Crippen LogP contribution >= 0.6 is 0 Å². The molecule has 6 heteroatoms. The van der Waals surface area contributed by atoms with Gasteiger partial charge in [0.15, 0.2) is 0 Å². The Labute approximate surface area is 113 Å². The van der Waals surface area contributed by atoms with E-state index in [-0.39, 0.29) is 0 Å². The maximum Gasteiger partial charge on any atom is 0.145 e. The Morgan fingerprint density at radius 2 is 2.26 bits per heavy atom. The van der Waals surface area contributed by atoms with E-state index in [1.54, 1.807) is 0 Å². The lowest BCUT2D eigenvalue weighted by atomic mass is 10.2. The monoisotopic (exact) mass is 263 g/mol. The third-order valence-electron chi connectivity index (χ3n) is 3.71. The van der Waals surface area contributed by atoms with Gasteiger partial charge in [-0.1, -0.05) is 0 Å². The average molecular weight is 263 g/mol. The van der Waals surface area contributed by atoms with Crippen molar-refractivity contribution in [2.24, 2.45) is 5.84 Å². The minimum Gasteiger partial charge on any atom is -0.376 e. The predicted molar refractivity (Wildman–Crippen MR) is 74.1 cm³/mol. The molecule has 3 N–H and O–H groups in total. The molecule has 0 bridgehead atoms. The molecule has 19 heavy (non-hydrogen) atoms. The molecule has 0 aromatic carbocycles. The largest absolute Gasteiger partial charge is 0.376 e. The number of hydrogen-bond donors (Lipinski definition) is 2. The van der Waals surface area contributed by atoms with Crippen LogP contribution in [-0.2, 0) is 4.74 Å². The molecule has 1 unspecified atom stereocenters. The summed E-state index contributed by atoms with van der Waals surface area (Å²) in [6, 6.07) is 1.89. The zero-order valence-electron chi connectivity index (χ0n) is 11.3. The van der Waals surface area contributed by atoms with Gasteiger partial charge in [-0.15, -0.1) is 0 Å². The smallest absolute Gasteiger partial charge is 0.145 e. The van der Waals surface area contributed by atoms with Crippen LogP contribution in [0.2, 0.25) is 0 Å². The molecule has 0 amide bonds. The molecule has 2 fully saturated rings. The van der Waals surface area contributed by atoms with E-state index in [0.717, 1.165) is 37.6 Å². The van der Waals surface area contributed by atoms with Crippen LogP contribution in [0.15, 0.2) is 6.07 Å². The molecule has 1 saturated carbocycles. The molecule has 6 nitrogen and oxygen atoms in total. The SMILES string of the molecule is CN(CC1CCCO1)c1cc(NN)nc(C2CC2)n1. The summed E-state index contributed by atoms with van der Waals surface area (Å²) in [6.45, 7) is 1.75. The summed E-state index contributed by atoms with van der Waals surface area (Å²) >= 11 is 0. The van der Waals surface area contributed by atoms with E-state index >= 15 is 0 Å².